The Kier molecular flexibility index (Phi) is 18.5. The largest absolute Gasteiger partial charge is 0.488 e. The Morgan fingerprint density at radius 2 is 0.937 bits per heavy atom. The van der Waals surface area contributed by atoms with Gasteiger partial charge in [-0.05, 0) is 90.5 Å². The zero-order valence-corrected chi connectivity index (χ0v) is 46.9. The average molecular weight is 1120 g/mol. The number of esters is 1. The molecule has 2 aliphatic rings. The third-order valence-electron chi connectivity index (χ3n) is 12.4. The first-order valence-corrected chi connectivity index (χ1v) is 25.3. The van der Waals surface area contributed by atoms with Crippen LogP contribution in [-0.4, -0.2) is 129 Å². The van der Waals surface area contributed by atoms with Gasteiger partial charge in [-0.2, -0.15) is 26.3 Å². The Morgan fingerprint density at radius 1 is 0.582 bits per heavy atom. The summed E-state index contributed by atoms with van der Waals surface area (Å²) in [5.74, 6) is -3.44. The first-order valence-electron chi connectivity index (χ1n) is 25.3. The van der Waals surface area contributed by atoms with E-state index < -0.39 is 118 Å². The van der Waals surface area contributed by atoms with Crippen LogP contribution in [0.5, 0.6) is 11.5 Å². The van der Waals surface area contributed by atoms with Crippen molar-refractivity contribution in [2.24, 2.45) is 10.8 Å². The second-order valence-corrected chi connectivity index (χ2v) is 23.8. The average Bonchev–Trinajstić information content (AvgIpc) is 3.93. The fourth-order valence-corrected chi connectivity index (χ4v) is 8.79. The van der Waals surface area contributed by atoms with Gasteiger partial charge in [-0.15, -0.1) is 0 Å². The molecule has 24 heteroatoms. The SMILES string of the molecule is COC(=O)[C@@H]1C[C@@H](Oc2cc(C(F)(F)F)nc3ccc(C)cc23)CN1C(=O)[C@@H](NC(=O)OC(C)(C)C)C(C)(C)C.Cc1ccc2nc(C(F)(F)F)cc(O[C@@H]3C[C@@H](C(=O)O)N(C(=O)[C@@H](NC(=O)OC(C)(C)C)C(C)(C)C)C3)c2c1. The molecular weight excluding hydrogens is 1050 g/mol. The molecule has 2 aromatic carbocycles. The van der Waals surface area contributed by atoms with Crippen molar-refractivity contribution in [1.29, 1.82) is 0 Å². The number of amides is 4. The Bertz CT molecular complexity index is 2940. The number of alkyl halides is 6. The summed E-state index contributed by atoms with van der Waals surface area (Å²) in [5.41, 5.74) is -3.79. The van der Waals surface area contributed by atoms with Gasteiger partial charge >= 0.3 is 36.5 Å². The molecule has 2 aliphatic heterocycles. The fourth-order valence-electron chi connectivity index (χ4n) is 8.79. The van der Waals surface area contributed by atoms with Gasteiger partial charge in [-0.3, -0.25) is 9.59 Å². The molecule has 0 radical (unpaired) electrons. The van der Waals surface area contributed by atoms with Gasteiger partial charge in [0.15, 0.2) is 0 Å². The predicted molar refractivity (Wildman–Crippen MR) is 277 cm³/mol. The van der Waals surface area contributed by atoms with E-state index in [1.807, 2.05) is 0 Å². The van der Waals surface area contributed by atoms with Crippen molar-refractivity contribution in [3.8, 4) is 11.5 Å². The van der Waals surface area contributed by atoms with Crippen LogP contribution in [0, 0.1) is 24.7 Å². The predicted octanol–water partition coefficient (Wildman–Crippen LogP) is 9.96. The first kappa shape index (κ1) is 62.7. The summed E-state index contributed by atoms with van der Waals surface area (Å²) in [6.45, 7) is 23.6. The normalized spacial score (nSPS) is 18.9. The minimum atomic E-state index is -4.73. The number of rotatable bonds is 10. The number of carbonyl (C=O) groups excluding carboxylic acids is 5. The Labute approximate surface area is 454 Å². The van der Waals surface area contributed by atoms with Crippen LogP contribution in [0.3, 0.4) is 0 Å². The van der Waals surface area contributed by atoms with Gasteiger partial charge in [0.2, 0.25) is 11.8 Å². The highest BCUT2D eigenvalue weighted by Crippen LogP contribution is 2.39. The second kappa shape index (κ2) is 23.3. The van der Waals surface area contributed by atoms with E-state index >= 15 is 0 Å². The molecule has 6 atom stereocenters. The van der Waals surface area contributed by atoms with Crippen molar-refractivity contribution in [3.63, 3.8) is 0 Å². The van der Waals surface area contributed by atoms with E-state index in [1.165, 1.54) is 24.1 Å². The summed E-state index contributed by atoms with van der Waals surface area (Å²) in [6.07, 6.45) is -13.1. The van der Waals surface area contributed by atoms with E-state index in [9.17, 15) is 60.2 Å². The number of carboxylic acids is 1. The minimum Gasteiger partial charge on any atom is -0.488 e. The summed E-state index contributed by atoms with van der Waals surface area (Å²) in [6, 6.07) is 6.47. The molecule has 0 spiro atoms. The van der Waals surface area contributed by atoms with Gasteiger partial charge < -0.3 is 49.2 Å². The molecule has 79 heavy (non-hydrogen) atoms. The highest BCUT2D eigenvalue weighted by atomic mass is 19.4. The lowest BCUT2D eigenvalue weighted by molar-refractivity contribution is -0.152. The molecule has 0 saturated carbocycles. The number of fused-ring (bicyclic) bond motifs is 2. The van der Waals surface area contributed by atoms with E-state index in [1.54, 1.807) is 121 Å². The van der Waals surface area contributed by atoms with E-state index in [4.69, 9.17) is 23.7 Å². The van der Waals surface area contributed by atoms with Crippen molar-refractivity contribution in [3.05, 3.63) is 71.0 Å². The van der Waals surface area contributed by atoms with Crippen LogP contribution < -0.4 is 20.1 Å². The van der Waals surface area contributed by atoms with E-state index in [2.05, 4.69) is 20.6 Å². The monoisotopic (exact) mass is 1120 g/mol. The van der Waals surface area contributed by atoms with Crippen LogP contribution in [0.15, 0.2) is 48.5 Å². The first-order chi connectivity index (χ1) is 36.1. The number of pyridine rings is 2. The number of nitrogens with one attached hydrogen (secondary N) is 2. The number of halogens is 6. The van der Waals surface area contributed by atoms with Gasteiger partial charge in [0.05, 0.1) is 31.2 Å². The van der Waals surface area contributed by atoms with Crippen molar-refractivity contribution in [1.82, 2.24) is 30.4 Å². The number of nitrogens with zero attached hydrogens (tertiary/aromatic N) is 4. The van der Waals surface area contributed by atoms with Crippen molar-refractivity contribution in [2.45, 2.75) is 170 Å². The number of benzene rings is 2. The Balaban J connectivity index is 0.000000291. The van der Waals surface area contributed by atoms with Crippen LogP contribution in [-0.2, 0) is 45.7 Å². The number of methoxy groups -OCH3 is 1. The molecule has 0 bridgehead atoms. The Morgan fingerprint density at radius 3 is 1.25 bits per heavy atom. The molecule has 4 amide bonds. The molecule has 0 aliphatic carbocycles. The molecule has 6 rings (SSSR count). The third kappa shape index (κ3) is 16.5. The van der Waals surface area contributed by atoms with Crippen LogP contribution in [0.2, 0.25) is 0 Å². The summed E-state index contributed by atoms with van der Waals surface area (Å²) in [7, 11) is 1.17. The zero-order valence-electron chi connectivity index (χ0n) is 46.9. The van der Waals surface area contributed by atoms with Gasteiger partial charge in [-0.1, -0.05) is 64.8 Å². The topological polar surface area (TPSA) is 225 Å². The van der Waals surface area contributed by atoms with E-state index in [-0.39, 0.29) is 48.5 Å². The number of likely N-dealkylation sites (tertiary alicyclic amines) is 2. The maximum absolute atomic E-state index is 13.8. The zero-order chi connectivity index (χ0) is 59.7. The van der Waals surface area contributed by atoms with E-state index in [0.29, 0.717) is 10.8 Å². The Hall–Kier alpha value is -7.14. The fraction of sp³-hybridized carbons (Fsp3) is 0.564. The number of alkyl carbamates (subject to hydrolysis) is 2. The maximum Gasteiger partial charge on any atom is 0.433 e. The molecule has 18 nitrogen and oxygen atoms in total. The van der Waals surface area contributed by atoms with Gasteiger partial charge in [-0.25, -0.2) is 29.1 Å². The van der Waals surface area contributed by atoms with Crippen LogP contribution in [0.25, 0.3) is 21.8 Å². The van der Waals surface area contributed by atoms with Gasteiger partial charge in [0.1, 0.15) is 70.5 Å². The molecule has 2 saturated heterocycles. The van der Waals surface area contributed by atoms with Crippen molar-refractivity contribution < 1.29 is 83.9 Å². The summed E-state index contributed by atoms with van der Waals surface area (Å²) < 4.78 is 109. The van der Waals surface area contributed by atoms with E-state index in [0.717, 1.165) is 28.2 Å². The summed E-state index contributed by atoms with van der Waals surface area (Å²) in [4.78, 5) is 87.0. The van der Waals surface area contributed by atoms with Crippen molar-refractivity contribution >= 4 is 57.7 Å². The number of ether oxygens (including phenoxy) is 5. The number of aliphatic carboxylic acids is 1. The minimum absolute atomic E-state index is 0.0291. The smallest absolute Gasteiger partial charge is 0.433 e. The van der Waals surface area contributed by atoms with Gasteiger partial charge in [0, 0.05) is 35.7 Å². The number of hydrogen-bond acceptors (Lipinski definition) is 13. The molecule has 4 heterocycles. The number of aryl methyl sites for hydroxylation is 2. The van der Waals surface area contributed by atoms with Crippen molar-refractivity contribution in [2.75, 3.05) is 20.2 Å². The highest BCUT2D eigenvalue weighted by molar-refractivity contribution is 5.92. The number of carbonyl (C=O) groups is 6. The molecule has 2 aromatic heterocycles. The molecule has 4 aromatic rings. The summed E-state index contributed by atoms with van der Waals surface area (Å²) in [5, 5.41) is 15.7. The number of carboxylic acid groups (broad SMARTS) is 1. The van der Waals surface area contributed by atoms with Gasteiger partial charge in [0.25, 0.3) is 0 Å². The number of hydrogen-bond donors (Lipinski definition) is 3. The molecule has 0 unspecified atom stereocenters. The third-order valence-corrected chi connectivity index (χ3v) is 12.4. The maximum atomic E-state index is 13.8. The van der Waals surface area contributed by atoms with Crippen LogP contribution >= 0.6 is 0 Å². The molecule has 434 valence electrons. The molecular formula is C55H70F6N6O12. The highest BCUT2D eigenvalue weighted by Gasteiger charge is 2.49. The lowest BCUT2D eigenvalue weighted by Crippen LogP contribution is -2.57. The second-order valence-electron chi connectivity index (χ2n) is 23.8. The lowest BCUT2D eigenvalue weighted by Gasteiger charge is -2.35. The molecule has 3 N–H and O–H groups in total. The van der Waals surface area contributed by atoms with Crippen LogP contribution in [0.1, 0.15) is 118 Å². The quantitative estimate of drug-likeness (QED) is 0.0764. The lowest BCUT2D eigenvalue weighted by atomic mass is 9.85. The number of aromatic nitrogens is 2. The summed E-state index contributed by atoms with van der Waals surface area (Å²) >= 11 is 0. The standard InChI is InChI=1S/C28H36F3N3O6.C27H34F3N3O6/c1-15-9-10-18-17(11-15)20(13-21(32-18)28(29,30)31)39-16-12-19(24(36)38-8)34(14-16)23(35)22(26(2,3)4)33-25(37)40-27(5,6)7;1-14-8-9-17-16(10-14)19(12-20(31-17)27(28,29)30)38-15-11-18(23(35)36)33(13-15)22(34)21(25(2,3)4)32-24(37)39-26(5,6)7/h9-11,13,16,19,22H,12,14H2,1-8H3,(H,33,37);8-10,12,15,18,21H,11,13H2,1-7H3,(H,32,37)(H,35,36)/t16-,19+,22-;15-,18+,21-/m11/s1. The molecule has 2 fully saturated rings. The van der Waals surface area contributed by atoms with Crippen LogP contribution in [0.4, 0.5) is 35.9 Å².